The average molecular weight is 509 g/mol. The number of ether oxygens (including phenoxy) is 1. The number of esters is 1. The molecule has 1 heterocycles. The molecular formula is C25H31Cl2NO4Si. The average Bonchev–Trinajstić information content (AvgIpc) is 2.73. The van der Waals surface area contributed by atoms with Gasteiger partial charge in [-0.15, -0.1) is 0 Å². The largest absolute Gasteiger partial charge is 0.467 e. The summed E-state index contributed by atoms with van der Waals surface area (Å²) < 4.78 is 11.6. The number of halogens is 2. The van der Waals surface area contributed by atoms with E-state index in [9.17, 15) is 9.59 Å². The van der Waals surface area contributed by atoms with Gasteiger partial charge < -0.3 is 9.16 Å². The van der Waals surface area contributed by atoms with Crippen LogP contribution in [-0.4, -0.2) is 50.8 Å². The van der Waals surface area contributed by atoms with E-state index in [-0.39, 0.29) is 23.4 Å². The molecule has 0 bridgehead atoms. The molecule has 33 heavy (non-hydrogen) atoms. The van der Waals surface area contributed by atoms with E-state index in [1.807, 2.05) is 53.4 Å². The van der Waals surface area contributed by atoms with Gasteiger partial charge in [0.2, 0.25) is 0 Å². The highest BCUT2D eigenvalue weighted by molar-refractivity contribution is 6.74. The fourth-order valence-corrected chi connectivity index (χ4v) is 5.22. The number of methoxy groups -OCH3 is 1. The number of carbonyl (C=O) groups excluding carboxylic acids is 2. The van der Waals surface area contributed by atoms with Crippen molar-refractivity contribution in [2.75, 3.05) is 13.7 Å². The number of carbonyl (C=O) groups is 2. The molecule has 0 N–H and O–H groups in total. The molecule has 5 nitrogen and oxygen atoms in total. The lowest BCUT2D eigenvalue weighted by Gasteiger charge is -2.49. The third-order valence-corrected chi connectivity index (χ3v) is 11.6. The fraction of sp³-hybridized carbons (Fsp3) is 0.440. The van der Waals surface area contributed by atoms with Gasteiger partial charge in [-0.1, -0.05) is 68.2 Å². The van der Waals surface area contributed by atoms with Crippen LogP contribution in [0.4, 0.5) is 0 Å². The molecule has 1 fully saturated rings. The minimum Gasteiger partial charge on any atom is -0.467 e. The maximum Gasteiger partial charge on any atom is 0.335 e. The molecule has 0 aromatic heterocycles. The van der Waals surface area contributed by atoms with Crippen molar-refractivity contribution in [3.63, 3.8) is 0 Å². The van der Waals surface area contributed by atoms with Crippen LogP contribution in [0.2, 0.25) is 28.2 Å². The first-order valence-electron chi connectivity index (χ1n) is 10.9. The Hall–Kier alpha value is -1.70. The molecule has 2 aromatic carbocycles. The number of ketones is 1. The van der Waals surface area contributed by atoms with Crippen molar-refractivity contribution in [1.82, 2.24) is 4.90 Å². The number of likely N-dealkylation sites (tertiary alicyclic amines) is 1. The number of Topliss-reactive ketones (excluding diaryl/α,β-unsaturated/α-hetero) is 1. The molecule has 178 valence electrons. The van der Waals surface area contributed by atoms with Crippen molar-refractivity contribution in [3.05, 3.63) is 69.7 Å². The Morgan fingerprint density at radius 3 is 1.82 bits per heavy atom. The number of hydrogen-bond acceptors (Lipinski definition) is 5. The first-order valence-corrected chi connectivity index (χ1v) is 14.6. The van der Waals surface area contributed by atoms with Crippen LogP contribution in [0, 0.1) is 0 Å². The second kappa shape index (κ2) is 9.88. The molecule has 0 saturated carbocycles. The second-order valence-electron chi connectivity index (χ2n) is 9.91. The topological polar surface area (TPSA) is 55.8 Å². The van der Waals surface area contributed by atoms with Gasteiger partial charge in [0.25, 0.3) is 0 Å². The quantitative estimate of drug-likeness (QED) is 0.344. The summed E-state index contributed by atoms with van der Waals surface area (Å²) in [4.78, 5) is 27.8. The van der Waals surface area contributed by atoms with Gasteiger partial charge in [0.15, 0.2) is 20.2 Å². The molecule has 0 amide bonds. The number of benzene rings is 2. The molecule has 1 saturated heterocycles. The highest BCUT2D eigenvalue weighted by atomic mass is 35.5. The third kappa shape index (κ3) is 5.52. The lowest BCUT2D eigenvalue weighted by atomic mass is 9.87. The first kappa shape index (κ1) is 25.9. The third-order valence-electron chi connectivity index (χ3n) is 6.68. The minimum absolute atomic E-state index is 0.0444. The zero-order valence-electron chi connectivity index (χ0n) is 19.9. The van der Waals surface area contributed by atoms with Crippen LogP contribution in [0.3, 0.4) is 0 Å². The Balaban J connectivity index is 2.04. The monoisotopic (exact) mass is 507 g/mol. The van der Waals surface area contributed by atoms with Gasteiger partial charge in [-0.25, -0.2) is 4.79 Å². The first-order chi connectivity index (χ1) is 15.4. The Labute approximate surface area is 207 Å². The normalized spacial score (nSPS) is 18.2. The summed E-state index contributed by atoms with van der Waals surface area (Å²) >= 11 is 12.3. The van der Waals surface area contributed by atoms with Crippen LogP contribution in [-0.2, 0) is 18.8 Å². The van der Waals surface area contributed by atoms with E-state index < -0.39 is 26.4 Å². The summed E-state index contributed by atoms with van der Waals surface area (Å²) in [5.74, 6) is -0.578. The summed E-state index contributed by atoms with van der Waals surface area (Å²) in [6, 6.07) is 14.0. The molecule has 2 aromatic rings. The van der Waals surface area contributed by atoms with Crippen molar-refractivity contribution < 1.29 is 18.8 Å². The highest BCUT2D eigenvalue weighted by Crippen LogP contribution is 2.41. The van der Waals surface area contributed by atoms with Gasteiger partial charge in [-0.05, 0) is 53.5 Å². The van der Waals surface area contributed by atoms with Crippen LogP contribution in [0.15, 0.2) is 48.5 Å². The van der Waals surface area contributed by atoms with Crippen LogP contribution in [0.1, 0.15) is 37.9 Å². The Morgan fingerprint density at radius 2 is 1.45 bits per heavy atom. The summed E-state index contributed by atoms with van der Waals surface area (Å²) in [5, 5.41) is 1.11. The van der Waals surface area contributed by atoms with Crippen LogP contribution in [0.5, 0.6) is 0 Å². The number of nitrogens with zero attached hydrogens (tertiary/aromatic N) is 1. The maximum atomic E-state index is 13.0. The molecule has 8 heteroatoms. The van der Waals surface area contributed by atoms with Gasteiger partial charge >= 0.3 is 5.97 Å². The van der Waals surface area contributed by atoms with Gasteiger partial charge in [0.1, 0.15) is 6.04 Å². The van der Waals surface area contributed by atoms with Gasteiger partial charge in [-0.2, -0.15) is 0 Å². The standard InChI is InChI=1S/C25H31Cl2NO4Si/c1-25(2,3)33(5,6)32-23(24(30)31-4)22-20(29)15-28(22)21(16-7-11-18(26)12-8-16)17-9-13-19(27)14-10-17/h7-14,21-23H,15H2,1-6H3. The fourth-order valence-electron chi connectivity index (χ4n) is 3.76. The minimum atomic E-state index is -2.37. The van der Waals surface area contributed by atoms with E-state index in [1.165, 1.54) is 7.11 Å². The Morgan fingerprint density at radius 1 is 1.00 bits per heavy atom. The van der Waals surface area contributed by atoms with Gasteiger partial charge in [-0.3, -0.25) is 9.69 Å². The summed E-state index contributed by atoms with van der Waals surface area (Å²) in [6.45, 7) is 10.6. The summed E-state index contributed by atoms with van der Waals surface area (Å²) in [6.07, 6.45) is -1.00. The van der Waals surface area contributed by atoms with Crippen molar-refractivity contribution in [2.45, 2.75) is 57.1 Å². The molecule has 3 rings (SSSR count). The van der Waals surface area contributed by atoms with Crippen molar-refractivity contribution >= 4 is 43.3 Å². The van der Waals surface area contributed by atoms with E-state index in [2.05, 4.69) is 33.9 Å². The predicted octanol–water partition coefficient (Wildman–Crippen LogP) is 5.90. The molecule has 1 aliphatic heterocycles. The van der Waals surface area contributed by atoms with E-state index in [0.29, 0.717) is 10.0 Å². The highest BCUT2D eigenvalue weighted by Gasteiger charge is 2.53. The van der Waals surface area contributed by atoms with Crippen molar-refractivity contribution in [3.8, 4) is 0 Å². The Kier molecular flexibility index (Phi) is 7.76. The molecule has 2 atom stereocenters. The van der Waals surface area contributed by atoms with Gasteiger partial charge in [0.05, 0.1) is 19.7 Å². The summed E-state index contributed by atoms with van der Waals surface area (Å²) in [7, 11) is -1.05. The zero-order chi connectivity index (χ0) is 24.6. The van der Waals surface area contributed by atoms with Crippen molar-refractivity contribution in [2.24, 2.45) is 0 Å². The second-order valence-corrected chi connectivity index (χ2v) is 15.5. The number of hydrogen-bond donors (Lipinski definition) is 0. The van der Waals surface area contributed by atoms with E-state index in [4.69, 9.17) is 32.4 Å². The lowest BCUT2D eigenvalue weighted by Crippen LogP contribution is -2.67. The molecule has 2 unspecified atom stereocenters. The van der Waals surface area contributed by atoms with E-state index >= 15 is 0 Å². The zero-order valence-corrected chi connectivity index (χ0v) is 22.4. The molecule has 0 radical (unpaired) electrons. The lowest BCUT2D eigenvalue weighted by molar-refractivity contribution is -0.164. The van der Waals surface area contributed by atoms with Crippen LogP contribution < -0.4 is 0 Å². The van der Waals surface area contributed by atoms with Crippen LogP contribution in [0.25, 0.3) is 0 Å². The van der Waals surface area contributed by atoms with Crippen molar-refractivity contribution in [1.29, 1.82) is 0 Å². The van der Waals surface area contributed by atoms with Crippen LogP contribution >= 0.6 is 23.2 Å². The smallest absolute Gasteiger partial charge is 0.335 e. The van der Waals surface area contributed by atoms with E-state index in [1.54, 1.807) is 0 Å². The predicted molar refractivity (Wildman–Crippen MR) is 134 cm³/mol. The molecule has 1 aliphatic rings. The van der Waals surface area contributed by atoms with E-state index in [0.717, 1.165) is 11.1 Å². The SMILES string of the molecule is COC(=O)C(O[Si](C)(C)C(C)(C)C)C1C(=O)CN1C(c1ccc(Cl)cc1)c1ccc(Cl)cc1. The molecule has 0 aliphatic carbocycles. The molecular weight excluding hydrogens is 477 g/mol. The Bertz CT molecular complexity index is 957. The summed E-state index contributed by atoms with van der Waals surface area (Å²) in [5.41, 5.74) is 1.91. The number of rotatable bonds is 7. The maximum absolute atomic E-state index is 13.0. The molecule has 0 spiro atoms. The van der Waals surface area contributed by atoms with Gasteiger partial charge in [0, 0.05) is 10.0 Å².